The Morgan fingerprint density at radius 3 is 2.67 bits per heavy atom. The first-order chi connectivity index (χ1) is 15.8. The summed E-state index contributed by atoms with van der Waals surface area (Å²) < 4.78 is 7.81. The van der Waals surface area contributed by atoms with Gasteiger partial charge in [-0.05, 0) is 62.9 Å². The molecule has 2 aliphatic rings. The van der Waals surface area contributed by atoms with Crippen molar-refractivity contribution in [2.24, 2.45) is 0 Å². The highest BCUT2D eigenvalue weighted by Gasteiger charge is 2.38. The maximum atomic E-state index is 13.0. The number of aromatic nitrogens is 2. The van der Waals surface area contributed by atoms with Gasteiger partial charge in [0, 0.05) is 30.5 Å². The highest BCUT2D eigenvalue weighted by atomic mass is 16.5. The number of aliphatic hydroxyl groups excluding tert-OH is 1. The van der Waals surface area contributed by atoms with Gasteiger partial charge in [-0.25, -0.2) is 9.31 Å². The Morgan fingerprint density at radius 2 is 2.00 bits per heavy atom. The van der Waals surface area contributed by atoms with Crippen molar-refractivity contribution < 1.29 is 19.4 Å². The van der Waals surface area contributed by atoms with E-state index in [1.807, 2.05) is 32.9 Å². The number of aliphatic hydroxyl groups is 1. The Bertz CT molecular complexity index is 1250. The van der Waals surface area contributed by atoms with Crippen molar-refractivity contribution in [1.29, 1.82) is 0 Å². The molecule has 0 spiro atoms. The fraction of sp³-hybridized carbons (Fsp3) is 0.375. The predicted molar refractivity (Wildman–Crippen MR) is 123 cm³/mol. The SMILES string of the molecule is Cc1cc(Oc2ccnn3cc(C(=O)N4C[C@@H](O)[C@H]4C)c(C)c23)ccc1NC(=O)NC1CC1. The topological polar surface area (TPSA) is 108 Å². The number of β-amino-alcohol motifs (C(OH)–C–C–N with tert-alkyl or cyclic N) is 1. The molecular weight excluding hydrogens is 422 g/mol. The minimum atomic E-state index is -0.483. The molecule has 3 aromatic rings. The summed E-state index contributed by atoms with van der Waals surface area (Å²) in [6.07, 6.45) is 4.91. The van der Waals surface area contributed by atoms with E-state index < -0.39 is 6.10 Å². The number of nitrogens with zero attached hydrogens (tertiary/aromatic N) is 3. The van der Waals surface area contributed by atoms with Gasteiger partial charge in [0.25, 0.3) is 5.91 Å². The summed E-state index contributed by atoms with van der Waals surface area (Å²) in [7, 11) is 0. The number of ether oxygens (including phenoxy) is 1. The molecule has 172 valence electrons. The number of nitrogens with one attached hydrogen (secondary N) is 2. The van der Waals surface area contributed by atoms with Crippen LogP contribution in [0.2, 0.25) is 0 Å². The van der Waals surface area contributed by atoms with Crippen LogP contribution in [-0.4, -0.2) is 56.3 Å². The molecular formula is C24H27N5O4. The highest BCUT2D eigenvalue weighted by molar-refractivity contribution is 5.99. The third-order valence-corrected chi connectivity index (χ3v) is 6.40. The summed E-state index contributed by atoms with van der Waals surface area (Å²) in [6.45, 7) is 5.94. The molecule has 2 aromatic heterocycles. The Morgan fingerprint density at radius 1 is 1.21 bits per heavy atom. The number of hydrogen-bond acceptors (Lipinski definition) is 5. The number of benzene rings is 1. The van der Waals surface area contributed by atoms with Gasteiger partial charge in [-0.3, -0.25) is 4.79 Å². The molecule has 0 bridgehead atoms. The lowest BCUT2D eigenvalue weighted by Crippen LogP contribution is -2.60. The molecule has 1 aromatic carbocycles. The van der Waals surface area contributed by atoms with Crippen molar-refractivity contribution in [1.82, 2.24) is 19.8 Å². The monoisotopic (exact) mass is 449 g/mol. The van der Waals surface area contributed by atoms with Crippen molar-refractivity contribution in [2.45, 2.75) is 51.8 Å². The van der Waals surface area contributed by atoms with E-state index >= 15 is 0 Å². The molecule has 3 amide bonds. The van der Waals surface area contributed by atoms with E-state index in [9.17, 15) is 14.7 Å². The van der Waals surface area contributed by atoms with Gasteiger partial charge >= 0.3 is 6.03 Å². The van der Waals surface area contributed by atoms with Gasteiger partial charge in [0.1, 0.15) is 11.3 Å². The summed E-state index contributed by atoms with van der Waals surface area (Å²) in [5.74, 6) is 1.06. The van der Waals surface area contributed by atoms with Crippen LogP contribution in [0.25, 0.3) is 5.52 Å². The van der Waals surface area contributed by atoms with Crippen molar-refractivity contribution in [3.8, 4) is 11.5 Å². The molecule has 1 aliphatic carbocycles. The number of fused-ring (bicyclic) bond motifs is 1. The molecule has 1 saturated heterocycles. The zero-order chi connectivity index (χ0) is 23.3. The van der Waals surface area contributed by atoms with Crippen LogP contribution in [0, 0.1) is 13.8 Å². The Labute approximate surface area is 191 Å². The number of urea groups is 1. The van der Waals surface area contributed by atoms with Crippen molar-refractivity contribution in [3.05, 3.63) is 53.3 Å². The van der Waals surface area contributed by atoms with E-state index in [2.05, 4.69) is 15.7 Å². The second kappa shape index (κ2) is 8.08. The first kappa shape index (κ1) is 21.3. The number of hydrogen-bond donors (Lipinski definition) is 3. The van der Waals surface area contributed by atoms with E-state index in [-0.39, 0.29) is 18.0 Å². The second-order valence-corrected chi connectivity index (χ2v) is 8.87. The first-order valence-corrected chi connectivity index (χ1v) is 11.1. The Kier molecular flexibility index (Phi) is 5.20. The second-order valence-electron chi connectivity index (χ2n) is 8.87. The van der Waals surface area contributed by atoms with Crippen LogP contribution >= 0.6 is 0 Å². The fourth-order valence-corrected chi connectivity index (χ4v) is 4.07. The minimum Gasteiger partial charge on any atom is -0.455 e. The smallest absolute Gasteiger partial charge is 0.319 e. The molecule has 0 radical (unpaired) electrons. The summed E-state index contributed by atoms with van der Waals surface area (Å²) in [5.41, 5.74) is 3.60. The van der Waals surface area contributed by atoms with Crippen LogP contribution in [0.5, 0.6) is 11.5 Å². The van der Waals surface area contributed by atoms with Gasteiger partial charge in [-0.15, -0.1) is 0 Å². The van der Waals surface area contributed by atoms with E-state index in [1.165, 1.54) is 0 Å². The minimum absolute atomic E-state index is 0.127. The third-order valence-electron chi connectivity index (χ3n) is 6.40. The van der Waals surface area contributed by atoms with Crippen LogP contribution in [-0.2, 0) is 0 Å². The number of likely N-dealkylation sites (tertiary alicyclic amines) is 1. The quantitative estimate of drug-likeness (QED) is 0.554. The van der Waals surface area contributed by atoms with Gasteiger partial charge in [0.15, 0.2) is 5.75 Å². The summed E-state index contributed by atoms with van der Waals surface area (Å²) in [4.78, 5) is 26.7. The van der Waals surface area contributed by atoms with E-state index in [0.29, 0.717) is 35.2 Å². The molecule has 1 aliphatic heterocycles. The number of amides is 3. The summed E-state index contributed by atoms with van der Waals surface area (Å²) >= 11 is 0. The molecule has 9 nitrogen and oxygen atoms in total. The lowest BCUT2D eigenvalue weighted by Gasteiger charge is -2.43. The lowest BCUT2D eigenvalue weighted by atomic mass is 9.99. The molecule has 0 unspecified atom stereocenters. The van der Waals surface area contributed by atoms with Crippen molar-refractivity contribution in [2.75, 3.05) is 11.9 Å². The largest absolute Gasteiger partial charge is 0.455 e. The van der Waals surface area contributed by atoms with Crippen molar-refractivity contribution >= 4 is 23.1 Å². The molecule has 9 heteroatoms. The zero-order valence-corrected chi connectivity index (χ0v) is 18.8. The van der Waals surface area contributed by atoms with Crippen LogP contribution < -0.4 is 15.4 Å². The lowest BCUT2D eigenvalue weighted by molar-refractivity contribution is -0.0357. The average molecular weight is 450 g/mol. The highest BCUT2D eigenvalue weighted by Crippen LogP contribution is 2.33. The maximum absolute atomic E-state index is 13.0. The normalized spacial score (nSPS) is 19.8. The third kappa shape index (κ3) is 4.00. The number of carbonyl (C=O) groups excluding carboxylic acids is 2. The van der Waals surface area contributed by atoms with E-state index in [0.717, 1.165) is 29.7 Å². The van der Waals surface area contributed by atoms with Gasteiger partial charge in [-0.1, -0.05) is 0 Å². The van der Waals surface area contributed by atoms with Crippen LogP contribution in [0.1, 0.15) is 41.3 Å². The number of anilines is 1. The zero-order valence-electron chi connectivity index (χ0n) is 18.8. The molecule has 5 rings (SSSR count). The standard InChI is InChI=1S/C24H27N5O4/c1-13-10-17(6-7-19(13)27-24(32)26-16-4-5-16)33-21-8-9-25-29-11-18(14(2)22(21)29)23(31)28-12-20(30)15(28)3/h6-11,15-16,20,30H,4-5,12H2,1-3H3,(H2,26,27,32)/t15-,20-/m1/s1. The molecule has 3 heterocycles. The summed E-state index contributed by atoms with van der Waals surface area (Å²) in [5, 5.41) is 19.9. The molecule has 3 N–H and O–H groups in total. The van der Waals surface area contributed by atoms with E-state index in [4.69, 9.17) is 4.74 Å². The van der Waals surface area contributed by atoms with Gasteiger partial charge in [-0.2, -0.15) is 5.10 Å². The van der Waals surface area contributed by atoms with E-state index in [1.54, 1.807) is 33.9 Å². The summed E-state index contributed by atoms with van der Waals surface area (Å²) in [6, 6.07) is 7.11. The first-order valence-electron chi connectivity index (χ1n) is 11.1. The van der Waals surface area contributed by atoms with Crippen molar-refractivity contribution in [3.63, 3.8) is 0 Å². The Hall–Kier alpha value is -3.59. The molecule has 33 heavy (non-hydrogen) atoms. The maximum Gasteiger partial charge on any atom is 0.319 e. The number of carbonyl (C=O) groups is 2. The number of aryl methyl sites for hydroxylation is 2. The molecule has 2 fully saturated rings. The number of rotatable bonds is 5. The van der Waals surface area contributed by atoms with Crippen LogP contribution in [0.3, 0.4) is 0 Å². The predicted octanol–water partition coefficient (Wildman–Crippen LogP) is 3.23. The van der Waals surface area contributed by atoms with Gasteiger partial charge in [0.2, 0.25) is 0 Å². The van der Waals surface area contributed by atoms with Gasteiger partial charge in [0.05, 0.1) is 23.9 Å². The van der Waals surface area contributed by atoms with Crippen LogP contribution in [0.15, 0.2) is 36.7 Å². The molecule has 2 atom stereocenters. The van der Waals surface area contributed by atoms with Gasteiger partial charge < -0.3 is 25.4 Å². The average Bonchev–Trinajstić information content (AvgIpc) is 3.53. The fourth-order valence-electron chi connectivity index (χ4n) is 4.07. The molecule has 1 saturated carbocycles. The van der Waals surface area contributed by atoms with Crippen LogP contribution in [0.4, 0.5) is 10.5 Å². The Balaban J connectivity index is 1.38.